The molecule has 0 saturated carbocycles. The maximum Gasteiger partial charge on any atom is 0.243 e. The molecular weight excluding hydrogens is 354 g/mol. The second kappa shape index (κ2) is 6.10. The Morgan fingerprint density at radius 3 is 2.65 bits per heavy atom. The van der Waals surface area contributed by atoms with Gasteiger partial charge in [-0.05, 0) is 30.3 Å². The van der Waals surface area contributed by atoms with Crippen LogP contribution in [0.3, 0.4) is 0 Å². The molecule has 1 unspecified atom stereocenters. The van der Waals surface area contributed by atoms with Gasteiger partial charge < -0.3 is 9.47 Å². The largest absolute Gasteiger partial charge is 0.497 e. The maximum atomic E-state index is 12.8. The van der Waals surface area contributed by atoms with Crippen molar-refractivity contribution < 1.29 is 22.7 Å². The van der Waals surface area contributed by atoms with Crippen LogP contribution in [0, 0.1) is 0 Å². The fraction of sp³-hybridized carbons (Fsp3) is 0.316. The maximum absolute atomic E-state index is 12.8. The van der Waals surface area contributed by atoms with Gasteiger partial charge in [-0.1, -0.05) is 18.2 Å². The Morgan fingerprint density at radius 2 is 1.92 bits per heavy atom. The quantitative estimate of drug-likeness (QED) is 0.827. The standard InChI is InChI=1S/C19H19NO5S/c1-24-14-7-8-18-16(11-14)17(21)12-19(25-18)9-10-20(13-19)26(22,23)15-5-3-2-4-6-15/h2-8,11H,9-10,12-13H2,1H3. The smallest absolute Gasteiger partial charge is 0.243 e. The van der Waals surface area contributed by atoms with Crippen LogP contribution in [0.15, 0.2) is 53.4 Å². The zero-order valence-corrected chi connectivity index (χ0v) is 15.2. The van der Waals surface area contributed by atoms with E-state index < -0.39 is 15.6 Å². The molecule has 6 nitrogen and oxygen atoms in total. The number of rotatable bonds is 3. The number of methoxy groups -OCH3 is 1. The van der Waals surface area contributed by atoms with E-state index in [0.29, 0.717) is 30.0 Å². The molecule has 1 fully saturated rings. The Bertz CT molecular complexity index is 957. The Balaban J connectivity index is 1.61. The number of carbonyl (C=O) groups excluding carboxylic acids is 1. The normalized spacial score (nSPS) is 22.9. The van der Waals surface area contributed by atoms with Crippen molar-refractivity contribution in [2.24, 2.45) is 0 Å². The lowest BCUT2D eigenvalue weighted by Gasteiger charge is -2.34. The van der Waals surface area contributed by atoms with Crippen molar-refractivity contribution in [3.63, 3.8) is 0 Å². The van der Waals surface area contributed by atoms with Gasteiger partial charge in [-0.25, -0.2) is 8.42 Å². The summed E-state index contributed by atoms with van der Waals surface area (Å²) in [4.78, 5) is 12.9. The van der Waals surface area contributed by atoms with Gasteiger partial charge >= 0.3 is 0 Å². The molecule has 2 heterocycles. The molecule has 1 spiro atoms. The van der Waals surface area contributed by atoms with Gasteiger partial charge in [0.2, 0.25) is 10.0 Å². The molecule has 136 valence electrons. The average Bonchev–Trinajstić information content (AvgIpc) is 3.06. The molecule has 1 atom stereocenters. The van der Waals surface area contributed by atoms with E-state index in [1.807, 2.05) is 0 Å². The van der Waals surface area contributed by atoms with Crippen LogP contribution in [0.5, 0.6) is 11.5 Å². The second-order valence-corrected chi connectivity index (χ2v) is 8.59. The highest BCUT2D eigenvalue weighted by Crippen LogP contribution is 2.41. The van der Waals surface area contributed by atoms with Gasteiger partial charge in [0.25, 0.3) is 0 Å². The van der Waals surface area contributed by atoms with Gasteiger partial charge in [0.15, 0.2) is 5.78 Å². The molecule has 0 aliphatic carbocycles. The predicted molar refractivity (Wildman–Crippen MR) is 95.1 cm³/mol. The minimum atomic E-state index is -3.60. The molecule has 26 heavy (non-hydrogen) atoms. The van der Waals surface area contributed by atoms with E-state index >= 15 is 0 Å². The van der Waals surface area contributed by atoms with E-state index in [-0.39, 0.29) is 23.6 Å². The first-order chi connectivity index (χ1) is 12.4. The molecule has 2 aromatic rings. The van der Waals surface area contributed by atoms with Crippen molar-refractivity contribution in [1.82, 2.24) is 4.31 Å². The van der Waals surface area contributed by atoms with Crippen molar-refractivity contribution in [2.45, 2.75) is 23.3 Å². The fourth-order valence-corrected chi connectivity index (χ4v) is 5.12. The molecule has 0 N–H and O–H groups in total. The van der Waals surface area contributed by atoms with Crippen molar-refractivity contribution in [1.29, 1.82) is 0 Å². The zero-order valence-electron chi connectivity index (χ0n) is 14.3. The number of benzene rings is 2. The van der Waals surface area contributed by atoms with Crippen LogP contribution in [0.4, 0.5) is 0 Å². The van der Waals surface area contributed by atoms with Crippen molar-refractivity contribution in [3.05, 3.63) is 54.1 Å². The Labute approximate surface area is 152 Å². The third kappa shape index (κ3) is 2.77. The summed E-state index contributed by atoms with van der Waals surface area (Å²) in [7, 11) is -2.06. The van der Waals surface area contributed by atoms with Crippen LogP contribution in [-0.4, -0.2) is 44.3 Å². The van der Waals surface area contributed by atoms with E-state index in [2.05, 4.69) is 0 Å². The predicted octanol–water partition coefficient (Wildman–Crippen LogP) is 2.49. The lowest BCUT2D eigenvalue weighted by molar-refractivity contribution is 0.0497. The van der Waals surface area contributed by atoms with Crippen LogP contribution in [-0.2, 0) is 10.0 Å². The summed E-state index contributed by atoms with van der Waals surface area (Å²) < 4.78 is 38.4. The summed E-state index contributed by atoms with van der Waals surface area (Å²) >= 11 is 0. The van der Waals surface area contributed by atoms with Crippen LogP contribution in [0.2, 0.25) is 0 Å². The number of ether oxygens (including phenoxy) is 2. The van der Waals surface area contributed by atoms with E-state index in [9.17, 15) is 13.2 Å². The molecular formula is C19H19NO5S. The molecule has 4 rings (SSSR count). The van der Waals surface area contributed by atoms with Gasteiger partial charge in [0, 0.05) is 13.0 Å². The number of ketones is 1. The summed E-state index contributed by atoms with van der Waals surface area (Å²) in [6, 6.07) is 13.4. The molecule has 2 aromatic carbocycles. The minimum absolute atomic E-state index is 0.0518. The average molecular weight is 373 g/mol. The topological polar surface area (TPSA) is 72.9 Å². The summed E-state index contributed by atoms with van der Waals surface area (Å²) in [6.07, 6.45) is 0.643. The van der Waals surface area contributed by atoms with E-state index in [1.54, 1.807) is 55.6 Å². The zero-order chi connectivity index (χ0) is 18.4. The van der Waals surface area contributed by atoms with E-state index in [0.717, 1.165) is 0 Å². The van der Waals surface area contributed by atoms with Crippen LogP contribution in [0.25, 0.3) is 0 Å². The number of Topliss-reactive ketones (excluding diaryl/α,β-unsaturated/α-hetero) is 1. The molecule has 0 radical (unpaired) electrons. The first kappa shape index (κ1) is 17.1. The Hall–Kier alpha value is -2.38. The van der Waals surface area contributed by atoms with Crippen molar-refractivity contribution in [3.8, 4) is 11.5 Å². The highest BCUT2D eigenvalue weighted by atomic mass is 32.2. The second-order valence-electron chi connectivity index (χ2n) is 6.65. The van der Waals surface area contributed by atoms with Crippen LogP contribution >= 0.6 is 0 Å². The van der Waals surface area contributed by atoms with E-state index in [1.165, 1.54) is 4.31 Å². The van der Waals surface area contributed by atoms with E-state index in [4.69, 9.17) is 9.47 Å². The van der Waals surface area contributed by atoms with Crippen LogP contribution < -0.4 is 9.47 Å². The number of hydrogen-bond donors (Lipinski definition) is 0. The number of carbonyl (C=O) groups is 1. The summed E-state index contributed by atoms with van der Waals surface area (Å²) in [5.41, 5.74) is -0.320. The summed E-state index contributed by atoms with van der Waals surface area (Å²) in [5.74, 6) is 1.03. The summed E-state index contributed by atoms with van der Waals surface area (Å²) in [6.45, 7) is 0.497. The minimum Gasteiger partial charge on any atom is -0.497 e. The molecule has 0 bridgehead atoms. The van der Waals surface area contributed by atoms with Gasteiger partial charge in [-0.15, -0.1) is 0 Å². The molecule has 2 aliphatic heterocycles. The van der Waals surface area contributed by atoms with Gasteiger partial charge in [0.1, 0.15) is 17.1 Å². The third-order valence-corrected chi connectivity index (χ3v) is 6.82. The van der Waals surface area contributed by atoms with Gasteiger partial charge in [0.05, 0.1) is 30.5 Å². The number of fused-ring (bicyclic) bond motifs is 1. The monoisotopic (exact) mass is 373 g/mol. The lowest BCUT2D eigenvalue weighted by atomic mass is 9.89. The summed E-state index contributed by atoms with van der Waals surface area (Å²) in [5, 5.41) is 0. The Kier molecular flexibility index (Phi) is 4.00. The van der Waals surface area contributed by atoms with Crippen LogP contribution in [0.1, 0.15) is 23.2 Å². The first-order valence-corrected chi connectivity index (χ1v) is 9.83. The van der Waals surface area contributed by atoms with Crippen molar-refractivity contribution in [2.75, 3.05) is 20.2 Å². The fourth-order valence-electron chi connectivity index (χ4n) is 3.58. The Morgan fingerprint density at radius 1 is 1.15 bits per heavy atom. The third-order valence-electron chi connectivity index (χ3n) is 4.96. The van der Waals surface area contributed by atoms with Gasteiger partial charge in [-0.2, -0.15) is 4.31 Å². The first-order valence-electron chi connectivity index (χ1n) is 8.39. The van der Waals surface area contributed by atoms with Gasteiger partial charge in [-0.3, -0.25) is 4.79 Å². The highest BCUT2D eigenvalue weighted by molar-refractivity contribution is 7.89. The van der Waals surface area contributed by atoms with Crippen molar-refractivity contribution >= 4 is 15.8 Å². The molecule has 2 aliphatic rings. The molecule has 1 saturated heterocycles. The molecule has 7 heteroatoms. The highest BCUT2D eigenvalue weighted by Gasteiger charge is 2.49. The lowest BCUT2D eigenvalue weighted by Crippen LogP contribution is -2.45. The number of sulfonamides is 1. The number of hydrogen-bond acceptors (Lipinski definition) is 5. The SMILES string of the molecule is COc1ccc2c(c1)C(=O)CC1(CCN(S(=O)(=O)c3ccccc3)C1)O2. The number of nitrogens with zero attached hydrogens (tertiary/aromatic N) is 1. The molecule has 0 amide bonds. The molecule has 0 aromatic heterocycles.